The van der Waals surface area contributed by atoms with Gasteiger partial charge in [0.05, 0.1) is 0 Å². The molecule has 0 aliphatic heterocycles. The number of carboxylic acid groups (broad SMARTS) is 1. The highest BCUT2D eigenvalue weighted by molar-refractivity contribution is 5.73. The third-order valence-corrected chi connectivity index (χ3v) is 2.37. The fourth-order valence-corrected chi connectivity index (χ4v) is 1.41. The molecule has 0 radical (unpaired) electrons. The van der Waals surface area contributed by atoms with Crippen molar-refractivity contribution < 1.29 is 9.90 Å². The molecule has 88 valence electrons. The van der Waals surface area contributed by atoms with E-state index in [1.165, 1.54) is 0 Å². The van der Waals surface area contributed by atoms with Crippen LogP contribution in [0.1, 0.15) is 12.5 Å². The molecule has 0 amide bonds. The van der Waals surface area contributed by atoms with Crippen molar-refractivity contribution in [1.29, 1.82) is 0 Å². The summed E-state index contributed by atoms with van der Waals surface area (Å²) in [5.41, 5.74) is 6.60. The Morgan fingerprint density at radius 1 is 1.56 bits per heavy atom. The molecule has 1 atom stereocenters. The third-order valence-electron chi connectivity index (χ3n) is 2.37. The largest absolute Gasteiger partial charge is 0.480 e. The zero-order chi connectivity index (χ0) is 12.0. The van der Waals surface area contributed by atoms with Gasteiger partial charge in [0.25, 0.3) is 0 Å². The van der Waals surface area contributed by atoms with E-state index >= 15 is 0 Å². The van der Waals surface area contributed by atoms with E-state index in [9.17, 15) is 4.79 Å². The van der Waals surface area contributed by atoms with E-state index in [-0.39, 0.29) is 0 Å². The quantitative estimate of drug-likeness (QED) is 0.726. The Morgan fingerprint density at radius 3 is 2.69 bits per heavy atom. The van der Waals surface area contributed by atoms with E-state index < -0.39 is 12.0 Å². The van der Waals surface area contributed by atoms with Gasteiger partial charge in [-0.25, -0.2) is 0 Å². The number of carbonyl (C=O) groups is 1. The van der Waals surface area contributed by atoms with Crippen molar-refractivity contribution in [2.24, 2.45) is 5.73 Å². The average Bonchev–Trinajstić information content (AvgIpc) is 2.29. The molecule has 0 aliphatic rings. The lowest BCUT2D eigenvalue weighted by molar-refractivity contribution is -0.139. The average molecular weight is 223 g/mol. The zero-order valence-electron chi connectivity index (χ0n) is 9.34. The Balaban J connectivity index is 2.53. The third kappa shape index (κ3) is 3.96. The normalized spacial score (nSPS) is 12.7. The molecule has 1 aromatic heterocycles. The molecule has 1 unspecified atom stereocenters. The van der Waals surface area contributed by atoms with Crippen molar-refractivity contribution in [3.05, 3.63) is 30.1 Å². The molecule has 1 heterocycles. The van der Waals surface area contributed by atoms with Crippen LogP contribution in [0.4, 0.5) is 0 Å². The number of likely N-dealkylation sites (N-methyl/N-ethyl adjacent to an activating group) is 1. The highest BCUT2D eigenvalue weighted by Gasteiger charge is 2.15. The predicted molar refractivity (Wildman–Crippen MR) is 60.8 cm³/mol. The van der Waals surface area contributed by atoms with E-state index in [0.29, 0.717) is 13.1 Å². The monoisotopic (exact) mass is 223 g/mol. The standard InChI is InChI=1S/C11H17N3O2/c1-2-14(8-10(12)11(15)16)7-9-3-5-13-6-4-9/h3-6,10H,2,7-8,12H2,1H3,(H,15,16). The summed E-state index contributed by atoms with van der Waals surface area (Å²) < 4.78 is 0. The van der Waals surface area contributed by atoms with Gasteiger partial charge in [-0.1, -0.05) is 6.92 Å². The van der Waals surface area contributed by atoms with Crippen molar-refractivity contribution in [3.8, 4) is 0 Å². The van der Waals surface area contributed by atoms with Crippen LogP contribution in [0.15, 0.2) is 24.5 Å². The van der Waals surface area contributed by atoms with Crippen LogP contribution < -0.4 is 5.73 Å². The van der Waals surface area contributed by atoms with E-state index in [1.54, 1.807) is 12.4 Å². The first-order chi connectivity index (χ1) is 7.63. The molecule has 1 aromatic rings. The van der Waals surface area contributed by atoms with Gasteiger partial charge in [0.1, 0.15) is 6.04 Å². The topological polar surface area (TPSA) is 79.5 Å². The Hall–Kier alpha value is -1.46. The number of nitrogens with zero attached hydrogens (tertiary/aromatic N) is 2. The second-order valence-electron chi connectivity index (χ2n) is 3.63. The smallest absolute Gasteiger partial charge is 0.321 e. The lowest BCUT2D eigenvalue weighted by atomic mass is 10.2. The van der Waals surface area contributed by atoms with Crippen LogP contribution in [0.2, 0.25) is 0 Å². The first-order valence-corrected chi connectivity index (χ1v) is 5.23. The summed E-state index contributed by atoms with van der Waals surface area (Å²) in [5.74, 6) is -0.965. The molecule has 0 spiro atoms. The van der Waals surface area contributed by atoms with Gasteiger partial charge >= 0.3 is 5.97 Å². The van der Waals surface area contributed by atoms with Crippen LogP contribution in [0, 0.1) is 0 Å². The number of aliphatic carboxylic acids is 1. The van der Waals surface area contributed by atoms with Gasteiger partial charge in [-0.2, -0.15) is 0 Å². The SMILES string of the molecule is CCN(Cc1ccncc1)CC(N)C(=O)O. The molecule has 0 aliphatic carbocycles. The minimum Gasteiger partial charge on any atom is -0.480 e. The highest BCUT2D eigenvalue weighted by atomic mass is 16.4. The lowest BCUT2D eigenvalue weighted by Crippen LogP contribution is -2.42. The van der Waals surface area contributed by atoms with Gasteiger partial charge < -0.3 is 10.8 Å². The lowest BCUT2D eigenvalue weighted by Gasteiger charge is -2.22. The fourth-order valence-electron chi connectivity index (χ4n) is 1.41. The molecule has 0 fully saturated rings. The summed E-state index contributed by atoms with van der Waals surface area (Å²) in [4.78, 5) is 16.6. The number of hydrogen-bond donors (Lipinski definition) is 2. The minimum absolute atomic E-state index is 0.355. The number of rotatable bonds is 6. The molecule has 0 bridgehead atoms. The van der Waals surface area contributed by atoms with Gasteiger partial charge in [-0.3, -0.25) is 14.7 Å². The van der Waals surface area contributed by atoms with Gasteiger partial charge in [-0.05, 0) is 24.2 Å². The van der Waals surface area contributed by atoms with Crippen LogP contribution >= 0.6 is 0 Å². The number of carboxylic acids is 1. The van der Waals surface area contributed by atoms with Crippen LogP contribution in [0.5, 0.6) is 0 Å². The highest BCUT2D eigenvalue weighted by Crippen LogP contribution is 2.03. The fraction of sp³-hybridized carbons (Fsp3) is 0.455. The van der Waals surface area contributed by atoms with Crippen LogP contribution in [-0.2, 0) is 11.3 Å². The van der Waals surface area contributed by atoms with Crippen LogP contribution in [0.25, 0.3) is 0 Å². The van der Waals surface area contributed by atoms with Gasteiger partial charge in [0.2, 0.25) is 0 Å². The maximum atomic E-state index is 10.6. The molecule has 0 saturated carbocycles. The number of pyridine rings is 1. The number of aromatic nitrogens is 1. The van der Waals surface area contributed by atoms with Crippen molar-refractivity contribution >= 4 is 5.97 Å². The Kier molecular flexibility index (Phi) is 4.88. The molecule has 5 heteroatoms. The maximum absolute atomic E-state index is 10.6. The minimum atomic E-state index is -0.965. The first-order valence-electron chi connectivity index (χ1n) is 5.23. The second kappa shape index (κ2) is 6.19. The Morgan fingerprint density at radius 2 is 2.19 bits per heavy atom. The molecule has 0 saturated heterocycles. The van der Waals surface area contributed by atoms with E-state index in [0.717, 1.165) is 12.1 Å². The predicted octanol–water partition coefficient (Wildman–Crippen LogP) is 0.315. The summed E-state index contributed by atoms with van der Waals surface area (Å²) in [6, 6.07) is 2.99. The summed E-state index contributed by atoms with van der Waals surface area (Å²) in [6.07, 6.45) is 3.45. The van der Waals surface area contributed by atoms with Crippen molar-refractivity contribution in [1.82, 2.24) is 9.88 Å². The molecular weight excluding hydrogens is 206 g/mol. The second-order valence-corrected chi connectivity index (χ2v) is 3.63. The molecule has 3 N–H and O–H groups in total. The summed E-state index contributed by atoms with van der Waals surface area (Å²) in [5, 5.41) is 8.73. The van der Waals surface area contributed by atoms with E-state index in [2.05, 4.69) is 4.98 Å². The van der Waals surface area contributed by atoms with E-state index in [1.807, 2.05) is 24.0 Å². The number of hydrogen-bond acceptors (Lipinski definition) is 4. The summed E-state index contributed by atoms with van der Waals surface area (Å²) >= 11 is 0. The first kappa shape index (κ1) is 12.6. The van der Waals surface area contributed by atoms with Gasteiger partial charge in [0, 0.05) is 25.5 Å². The van der Waals surface area contributed by atoms with Crippen molar-refractivity contribution in [2.75, 3.05) is 13.1 Å². The molecule has 5 nitrogen and oxygen atoms in total. The molecule has 16 heavy (non-hydrogen) atoms. The van der Waals surface area contributed by atoms with Crippen molar-refractivity contribution in [2.45, 2.75) is 19.5 Å². The summed E-state index contributed by atoms with van der Waals surface area (Å²) in [6.45, 7) is 3.80. The van der Waals surface area contributed by atoms with Gasteiger partial charge in [0.15, 0.2) is 0 Å². The Bertz CT molecular complexity index is 329. The van der Waals surface area contributed by atoms with Gasteiger partial charge in [-0.15, -0.1) is 0 Å². The number of nitrogens with two attached hydrogens (primary N) is 1. The van der Waals surface area contributed by atoms with Crippen molar-refractivity contribution in [3.63, 3.8) is 0 Å². The zero-order valence-corrected chi connectivity index (χ0v) is 9.34. The summed E-state index contributed by atoms with van der Waals surface area (Å²) in [7, 11) is 0. The molecule has 1 rings (SSSR count). The van der Waals surface area contributed by atoms with Crippen LogP contribution in [0.3, 0.4) is 0 Å². The van der Waals surface area contributed by atoms with Crippen LogP contribution in [-0.4, -0.2) is 40.1 Å². The molecule has 0 aromatic carbocycles. The van der Waals surface area contributed by atoms with E-state index in [4.69, 9.17) is 10.8 Å². The Labute approximate surface area is 94.9 Å². The maximum Gasteiger partial charge on any atom is 0.321 e. The molecular formula is C11H17N3O2.